The molecule has 0 saturated carbocycles. The van der Waals surface area contributed by atoms with Crippen LogP contribution in [0.5, 0.6) is 0 Å². The molecule has 36 heavy (non-hydrogen) atoms. The van der Waals surface area contributed by atoms with Crippen molar-refractivity contribution in [2.75, 3.05) is 39.4 Å². The van der Waals surface area contributed by atoms with Crippen molar-refractivity contribution in [3.63, 3.8) is 0 Å². The number of piperidine rings is 1. The molecule has 0 spiro atoms. The Morgan fingerprint density at radius 1 is 0.972 bits per heavy atom. The summed E-state index contributed by atoms with van der Waals surface area (Å²) in [6, 6.07) is 16.0. The molecule has 2 aromatic carbocycles. The highest BCUT2D eigenvalue weighted by Crippen LogP contribution is 2.26. The van der Waals surface area contributed by atoms with Crippen molar-refractivity contribution >= 4 is 17.5 Å². The highest BCUT2D eigenvalue weighted by Gasteiger charge is 2.26. The lowest BCUT2D eigenvalue weighted by atomic mass is 9.96. The van der Waals surface area contributed by atoms with E-state index in [1.807, 2.05) is 24.3 Å². The first-order valence-corrected chi connectivity index (χ1v) is 13.0. The Bertz CT molecular complexity index is 1160. The maximum atomic E-state index is 12.8. The molecule has 3 aromatic rings. The molecule has 190 valence electrons. The van der Waals surface area contributed by atoms with E-state index in [0.717, 1.165) is 69.9 Å². The van der Waals surface area contributed by atoms with E-state index in [2.05, 4.69) is 49.5 Å². The van der Waals surface area contributed by atoms with Gasteiger partial charge in [0.15, 0.2) is 0 Å². The number of nitrogens with one attached hydrogen (secondary N) is 1. The maximum Gasteiger partial charge on any atom is 0.241 e. The van der Waals surface area contributed by atoms with Crippen LogP contribution in [0.2, 0.25) is 5.02 Å². The van der Waals surface area contributed by atoms with Crippen LogP contribution in [0.15, 0.2) is 53.1 Å². The van der Waals surface area contributed by atoms with Crippen molar-refractivity contribution in [1.29, 1.82) is 0 Å². The van der Waals surface area contributed by atoms with Gasteiger partial charge in [-0.2, -0.15) is 4.98 Å². The van der Waals surface area contributed by atoms with E-state index < -0.39 is 0 Å². The second-order valence-corrected chi connectivity index (χ2v) is 9.88. The molecule has 1 aromatic heterocycles. The summed E-state index contributed by atoms with van der Waals surface area (Å²) in [5.41, 5.74) is 3.17. The lowest BCUT2D eigenvalue weighted by Gasteiger charge is -2.30. The second-order valence-electron chi connectivity index (χ2n) is 9.47. The Labute approximate surface area is 216 Å². The number of hydrogen-bond acceptors (Lipinski definition) is 7. The van der Waals surface area contributed by atoms with Crippen molar-refractivity contribution in [2.24, 2.45) is 5.92 Å². The Kier molecular flexibility index (Phi) is 8.28. The minimum Gasteiger partial charge on any atom is -0.379 e. The van der Waals surface area contributed by atoms with Crippen molar-refractivity contribution in [3.05, 3.63) is 70.6 Å². The van der Waals surface area contributed by atoms with Crippen LogP contribution in [0.1, 0.15) is 29.9 Å². The molecule has 2 fully saturated rings. The number of halogens is 1. The second kappa shape index (κ2) is 12.0. The van der Waals surface area contributed by atoms with Gasteiger partial charge in [-0.05, 0) is 49.2 Å². The molecule has 0 atom stereocenters. The summed E-state index contributed by atoms with van der Waals surface area (Å²) in [7, 11) is 0. The van der Waals surface area contributed by atoms with Crippen LogP contribution < -0.4 is 5.32 Å². The topological polar surface area (TPSA) is 83.7 Å². The van der Waals surface area contributed by atoms with E-state index in [0.29, 0.717) is 29.8 Å². The first-order valence-electron chi connectivity index (χ1n) is 12.6. The number of carbonyl (C=O) groups is 1. The molecule has 1 N–H and O–H groups in total. The average molecular weight is 510 g/mol. The summed E-state index contributed by atoms with van der Waals surface area (Å²) >= 11 is 6.24. The summed E-state index contributed by atoms with van der Waals surface area (Å²) in [6.07, 6.45) is 1.63. The number of morpholine rings is 1. The van der Waals surface area contributed by atoms with Crippen molar-refractivity contribution < 1.29 is 14.1 Å². The van der Waals surface area contributed by atoms with Gasteiger partial charge in [0.05, 0.1) is 24.8 Å². The van der Waals surface area contributed by atoms with Crippen LogP contribution >= 0.6 is 11.6 Å². The molecule has 3 heterocycles. The molecule has 2 saturated heterocycles. The highest BCUT2D eigenvalue weighted by atomic mass is 35.5. The van der Waals surface area contributed by atoms with Crippen molar-refractivity contribution in [3.8, 4) is 11.4 Å². The van der Waals surface area contributed by atoms with Gasteiger partial charge in [0.1, 0.15) is 0 Å². The van der Waals surface area contributed by atoms with E-state index in [9.17, 15) is 4.79 Å². The van der Waals surface area contributed by atoms with Gasteiger partial charge in [-0.15, -0.1) is 0 Å². The van der Waals surface area contributed by atoms with Crippen LogP contribution in [0.25, 0.3) is 11.4 Å². The molecule has 0 bridgehead atoms. The maximum absolute atomic E-state index is 12.8. The molecule has 1 amide bonds. The van der Waals surface area contributed by atoms with Gasteiger partial charge in [0, 0.05) is 37.7 Å². The van der Waals surface area contributed by atoms with Gasteiger partial charge in [-0.25, -0.2) is 0 Å². The lowest BCUT2D eigenvalue weighted by Crippen LogP contribution is -2.40. The summed E-state index contributed by atoms with van der Waals surface area (Å²) < 4.78 is 10.9. The van der Waals surface area contributed by atoms with Crippen LogP contribution in [0.3, 0.4) is 0 Å². The number of benzene rings is 2. The SMILES string of the molecule is O=C(NCc1cccc(CN2CCOCC2)c1)C1CCN(Cc2nc(-c3ccccc3Cl)no2)CC1. The number of nitrogens with zero attached hydrogens (tertiary/aromatic N) is 4. The van der Waals surface area contributed by atoms with Crippen LogP contribution in [-0.2, 0) is 29.2 Å². The molecule has 2 aliphatic rings. The minimum absolute atomic E-state index is 0.0270. The highest BCUT2D eigenvalue weighted by molar-refractivity contribution is 6.33. The minimum atomic E-state index is 0.0270. The van der Waals surface area contributed by atoms with Crippen LogP contribution in [0.4, 0.5) is 0 Å². The molecule has 9 heteroatoms. The van der Waals surface area contributed by atoms with Gasteiger partial charge in [-0.1, -0.05) is 53.2 Å². The van der Waals surface area contributed by atoms with E-state index >= 15 is 0 Å². The van der Waals surface area contributed by atoms with E-state index in [1.165, 1.54) is 5.56 Å². The van der Waals surface area contributed by atoms with Gasteiger partial charge >= 0.3 is 0 Å². The van der Waals surface area contributed by atoms with E-state index in [4.69, 9.17) is 20.9 Å². The Morgan fingerprint density at radius 3 is 2.53 bits per heavy atom. The lowest BCUT2D eigenvalue weighted by molar-refractivity contribution is -0.126. The fourth-order valence-corrected chi connectivity index (χ4v) is 5.02. The standard InChI is InChI=1S/C27H32ClN5O3/c28-24-7-2-1-6-23(24)26-30-25(36-31-26)19-32-10-8-22(9-11-32)27(34)29-17-20-4-3-5-21(16-20)18-33-12-14-35-15-13-33/h1-7,16,22H,8-15,17-19H2,(H,29,34). The predicted octanol–water partition coefficient (Wildman–Crippen LogP) is 3.75. The summed E-state index contributed by atoms with van der Waals surface area (Å²) in [5.74, 6) is 1.22. The zero-order valence-corrected chi connectivity index (χ0v) is 21.1. The molecular formula is C27H32ClN5O3. The molecule has 0 aliphatic carbocycles. The number of ether oxygens (including phenoxy) is 1. The largest absolute Gasteiger partial charge is 0.379 e. The summed E-state index contributed by atoms with van der Waals surface area (Å²) in [5, 5.41) is 7.82. The summed E-state index contributed by atoms with van der Waals surface area (Å²) in [6.45, 7) is 7.21. The summed E-state index contributed by atoms with van der Waals surface area (Å²) in [4.78, 5) is 22.0. The number of likely N-dealkylation sites (tertiary alicyclic amines) is 1. The number of carbonyl (C=O) groups excluding carboxylic acids is 1. The fraction of sp³-hybridized carbons (Fsp3) is 0.444. The molecule has 0 unspecified atom stereocenters. The number of rotatable bonds is 8. The van der Waals surface area contributed by atoms with Crippen molar-refractivity contribution in [2.45, 2.75) is 32.5 Å². The zero-order valence-electron chi connectivity index (χ0n) is 20.4. The Balaban J connectivity index is 1.06. The fourth-order valence-electron chi connectivity index (χ4n) is 4.80. The molecule has 8 nitrogen and oxygen atoms in total. The quantitative estimate of drug-likeness (QED) is 0.495. The van der Waals surface area contributed by atoms with Gasteiger partial charge in [0.25, 0.3) is 0 Å². The Hall–Kier alpha value is -2.78. The molecule has 2 aliphatic heterocycles. The molecule has 5 rings (SSSR count). The van der Waals surface area contributed by atoms with Crippen LogP contribution in [0, 0.1) is 5.92 Å². The average Bonchev–Trinajstić information content (AvgIpc) is 3.37. The zero-order chi connectivity index (χ0) is 24.7. The first kappa shape index (κ1) is 24.9. The number of hydrogen-bond donors (Lipinski definition) is 1. The first-order chi connectivity index (χ1) is 17.6. The number of aromatic nitrogens is 2. The molecule has 0 radical (unpaired) electrons. The smallest absolute Gasteiger partial charge is 0.241 e. The van der Waals surface area contributed by atoms with E-state index in [1.54, 1.807) is 0 Å². The van der Waals surface area contributed by atoms with Gasteiger partial charge in [-0.3, -0.25) is 14.6 Å². The third kappa shape index (κ3) is 6.50. The van der Waals surface area contributed by atoms with Crippen LogP contribution in [-0.4, -0.2) is 65.2 Å². The molecular weight excluding hydrogens is 478 g/mol. The Morgan fingerprint density at radius 2 is 1.72 bits per heavy atom. The predicted molar refractivity (Wildman–Crippen MR) is 137 cm³/mol. The third-order valence-corrected chi connectivity index (χ3v) is 7.20. The van der Waals surface area contributed by atoms with Crippen molar-refractivity contribution in [1.82, 2.24) is 25.3 Å². The third-order valence-electron chi connectivity index (χ3n) is 6.87. The van der Waals surface area contributed by atoms with E-state index in [-0.39, 0.29) is 11.8 Å². The monoisotopic (exact) mass is 509 g/mol. The van der Waals surface area contributed by atoms with Gasteiger partial charge in [0.2, 0.25) is 17.6 Å². The van der Waals surface area contributed by atoms with Gasteiger partial charge < -0.3 is 14.6 Å². The normalized spacial score (nSPS) is 17.8. The number of amides is 1.